The van der Waals surface area contributed by atoms with E-state index in [1.165, 1.54) is 4.90 Å². The van der Waals surface area contributed by atoms with Gasteiger partial charge in [-0.1, -0.05) is 70.7 Å². The lowest BCUT2D eigenvalue weighted by Crippen LogP contribution is -2.51. The van der Waals surface area contributed by atoms with Crippen LogP contribution in [0.3, 0.4) is 0 Å². The van der Waals surface area contributed by atoms with E-state index in [1.807, 2.05) is 61.7 Å². The van der Waals surface area contributed by atoms with E-state index in [4.69, 9.17) is 10.2 Å². The number of aliphatic hydroxyl groups excluding tert-OH is 2. The largest absolute Gasteiger partial charge is 0.481 e. The molecule has 0 aliphatic rings. The van der Waals surface area contributed by atoms with E-state index in [2.05, 4.69) is 19.6 Å². The number of rotatable bonds is 16. The highest BCUT2D eigenvalue weighted by atomic mass is 28.3. The molecule has 0 fully saturated rings. The number of nitrogens with one attached hydrogen (secondary N) is 2. The molecule has 0 aliphatic carbocycles. The van der Waals surface area contributed by atoms with Gasteiger partial charge in [-0.2, -0.15) is 0 Å². The van der Waals surface area contributed by atoms with Gasteiger partial charge in [0.15, 0.2) is 0 Å². The van der Waals surface area contributed by atoms with Gasteiger partial charge < -0.3 is 35.2 Å². The van der Waals surface area contributed by atoms with Crippen LogP contribution in [0.25, 0.3) is 11.1 Å². The molecule has 4 amide bonds. The van der Waals surface area contributed by atoms with E-state index in [0.29, 0.717) is 17.9 Å². The molecule has 0 radical (unpaired) electrons. The highest BCUT2D eigenvalue weighted by Crippen LogP contribution is 2.41. The number of halogens is 2. The molecule has 6 N–H and O–H groups in total. The van der Waals surface area contributed by atoms with Gasteiger partial charge in [0.05, 0.1) is 12.5 Å². The molecule has 54 heavy (non-hydrogen) atoms. The van der Waals surface area contributed by atoms with Crippen LogP contribution in [-0.2, 0) is 25.7 Å². The molecule has 0 unspecified atom stereocenters. The number of carbonyl (C=O) groups excluding carboxylic acids is 3. The Balaban J connectivity index is 0.00000131. The second-order valence-electron chi connectivity index (χ2n) is 15.0. The van der Waals surface area contributed by atoms with Gasteiger partial charge in [0.25, 0.3) is 0 Å². The number of benzene rings is 2. The fourth-order valence-electron chi connectivity index (χ4n) is 5.63. The summed E-state index contributed by atoms with van der Waals surface area (Å²) in [6.45, 7) is 11.6. The Morgan fingerprint density at radius 2 is 1.57 bits per heavy atom. The summed E-state index contributed by atoms with van der Waals surface area (Å²) in [5.41, 5.74) is 0.875. The van der Waals surface area contributed by atoms with Crippen LogP contribution in [0, 0.1) is 17.0 Å². The molecule has 0 bridgehead atoms. The molecular weight excluding hydrogens is 723 g/mol. The van der Waals surface area contributed by atoms with Gasteiger partial charge in [0.1, 0.15) is 24.3 Å². The highest BCUT2D eigenvalue weighted by Gasteiger charge is 2.38. The van der Waals surface area contributed by atoms with Crippen molar-refractivity contribution in [1.29, 1.82) is 0 Å². The van der Waals surface area contributed by atoms with Crippen LogP contribution in [0.2, 0.25) is 25.7 Å². The summed E-state index contributed by atoms with van der Waals surface area (Å²) >= 11 is 0. The first kappa shape index (κ1) is 45.2. The molecule has 13 nitrogen and oxygen atoms in total. The number of aliphatic carboxylic acids is 1. The average Bonchev–Trinajstić information content (AvgIpc) is 3.47. The smallest absolute Gasteiger partial charge is 0.405 e. The Bertz CT molecular complexity index is 1740. The Morgan fingerprint density at radius 3 is 2.09 bits per heavy atom. The lowest BCUT2D eigenvalue weighted by molar-refractivity contribution is -0.141. The van der Waals surface area contributed by atoms with Crippen LogP contribution in [0.1, 0.15) is 57.3 Å². The minimum Gasteiger partial charge on any atom is -0.481 e. The predicted molar refractivity (Wildman–Crippen MR) is 201 cm³/mol. The second kappa shape index (κ2) is 20.5. The number of carboxylic acids is 1. The third-order valence-electron chi connectivity index (χ3n) is 8.20. The highest BCUT2D eigenvalue weighted by molar-refractivity contribution is 6.76. The number of carbonyl (C=O) groups is 5. The molecule has 3 rings (SSSR count). The van der Waals surface area contributed by atoms with Gasteiger partial charge >= 0.3 is 12.1 Å². The van der Waals surface area contributed by atoms with Crippen molar-refractivity contribution in [2.45, 2.75) is 84.3 Å². The van der Waals surface area contributed by atoms with Crippen LogP contribution in [0.15, 0.2) is 60.8 Å². The SMILES string of the molecule is CC(C)(C)[C@H](c1cc(-c2cc(F)ccc2F)cn1Cc1ccccc1)N(CC[C@H](NC(=O)O)C(=O)NC(=O)CCC(=O)O)C(=O)CO.C[Si](C)(C)CCO. The van der Waals surface area contributed by atoms with Crippen molar-refractivity contribution in [2.24, 2.45) is 5.41 Å². The number of hydrogen-bond donors (Lipinski definition) is 6. The second-order valence-corrected chi connectivity index (χ2v) is 20.7. The molecule has 2 aromatic carbocycles. The van der Waals surface area contributed by atoms with Gasteiger partial charge in [-0.15, -0.1) is 0 Å². The average molecular weight is 775 g/mol. The Labute approximate surface area is 315 Å². The third kappa shape index (κ3) is 14.8. The first-order valence-corrected chi connectivity index (χ1v) is 21.1. The van der Waals surface area contributed by atoms with Crippen molar-refractivity contribution in [3.05, 3.63) is 83.7 Å². The summed E-state index contributed by atoms with van der Waals surface area (Å²) in [6.07, 6.45) is -1.37. The lowest BCUT2D eigenvalue weighted by atomic mass is 9.82. The van der Waals surface area contributed by atoms with Gasteiger partial charge in [-0.3, -0.25) is 24.5 Å². The van der Waals surface area contributed by atoms with E-state index < -0.39 is 86.4 Å². The number of carboxylic acid groups (broad SMARTS) is 2. The van der Waals surface area contributed by atoms with Crippen molar-refractivity contribution in [3.8, 4) is 11.1 Å². The van der Waals surface area contributed by atoms with Crippen LogP contribution in [-0.4, -0.2) is 93.6 Å². The van der Waals surface area contributed by atoms with E-state index in [1.54, 1.807) is 16.8 Å². The molecular formula is C38H52F2N4O9Si. The molecule has 3 aromatic rings. The van der Waals surface area contributed by atoms with Gasteiger partial charge in [-0.05, 0) is 47.7 Å². The summed E-state index contributed by atoms with van der Waals surface area (Å²) in [6, 6.07) is 12.6. The minimum absolute atomic E-state index is 0.0132. The fourth-order valence-corrected chi connectivity index (χ4v) is 6.30. The van der Waals surface area contributed by atoms with Gasteiger partial charge in [0, 0.05) is 57.2 Å². The van der Waals surface area contributed by atoms with Crippen molar-refractivity contribution >= 4 is 37.9 Å². The minimum atomic E-state index is -1.59. The van der Waals surface area contributed by atoms with E-state index in [0.717, 1.165) is 29.8 Å². The van der Waals surface area contributed by atoms with Crippen LogP contribution in [0.5, 0.6) is 0 Å². The maximum absolute atomic E-state index is 14.9. The van der Waals surface area contributed by atoms with Crippen molar-refractivity contribution in [1.82, 2.24) is 20.1 Å². The number of hydrogen-bond acceptors (Lipinski definition) is 7. The molecule has 1 aromatic heterocycles. The quantitative estimate of drug-likeness (QED) is 0.105. The first-order chi connectivity index (χ1) is 25.2. The van der Waals surface area contributed by atoms with Crippen LogP contribution < -0.4 is 10.6 Å². The third-order valence-corrected chi connectivity index (χ3v) is 9.92. The zero-order valence-electron chi connectivity index (χ0n) is 31.6. The Kier molecular flexibility index (Phi) is 17.2. The number of amides is 4. The number of imide groups is 1. The van der Waals surface area contributed by atoms with Gasteiger partial charge in [-0.25, -0.2) is 13.6 Å². The van der Waals surface area contributed by atoms with E-state index in [9.17, 15) is 43.0 Å². The number of aromatic nitrogens is 1. The molecule has 296 valence electrons. The zero-order valence-corrected chi connectivity index (χ0v) is 32.6. The molecule has 0 saturated heterocycles. The molecule has 2 atom stereocenters. The number of nitrogens with zero attached hydrogens (tertiary/aromatic N) is 2. The normalized spacial score (nSPS) is 12.5. The maximum atomic E-state index is 14.9. The molecule has 1 heterocycles. The molecule has 16 heteroatoms. The summed E-state index contributed by atoms with van der Waals surface area (Å²) in [5.74, 6) is -5.33. The van der Waals surface area contributed by atoms with Crippen LogP contribution >= 0.6 is 0 Å². The molecule has 0 aliphatic heterocycles. The maximum Gasteiger partial charge on any atom is 0.405 e. The zero-order chi connectivity index (χ0) is 40.8. The van der Waals surface area contributed by atoms with Gasteiger partial charge in [0.2, 0.25) is 17.7 Å². The molecule has 0 spiro atoms. The predicted octanol–water partition coefficient (Wildman–Crippen LogP) is 5.24. The summed E-state index contributed by atoms with van der Waals surface area (Å²) < 4.78 is 31.0. The first-order valence-electron chi connectivity index (χ1n) is 17.4. The lowest BCUT2D eigenvalue weighted by Gasteiger charge is -2.41. The summed E-state index contributed by atoms with van der Waals surface area (Å²) in [4.78, 5) is 61.9. The van der Waals surface area contributed by atoms with E-state index >= 15 is 0 Å². The summed E-state index contributed by atoms with van der Waals surface area (Å²) in [7, 11) is -0.907. The standard InChI is InChI=1S/C33H38F2N4O8.C5H14OSi/c1-33(2,3)30(39(28(42)19-40)14-13-25(36-32(46)47)31(45)37-27(41)11-12-29(43)44)26-15-21(23-16-22(34)9-10-24(23)35)18-38(26)17-20-7-5-4-6-8-20;1-7(2,3)5-4-6/h4-10,15-16,18,25,30,36,40H,11-14,17,19H2,1-3H3,(H,43,44)(H,46,47)(H,37,41,45);6H,4-5H2,1-3H3/t25-,30-;/m0./s1. The number of aliphatic hydroxyl groups is 2. The fraction of sp³-hybridized carbons (Fsp3) is 0.447. The van der Waals surface area contributed by atoms with E-state index in [-0.39, 0.29) is 25.1 Å². The monoisotopic (exact) mass is 774 g/mol. The molecule has 0 saturated carbocycles. The summed E-state index contributed by atoms with van der Waals surface area (Å²) in [5, 5.41) is 40.6. The van der Waals surface area contributed by atoms with Crippen molar-refractivity contribution in [3.63, 3.8) is 0 Å². The Morgan fingerprint density at radius 1 is 0.926 bits per heavy atom. The Hall–Kier alpha value is -4.93. The topological polar surface area (TPSA) is 198 Å². The van der Waals surface area contributed by atoms with Crippen molar-refractivity contribution in [2.75, 3.05) is 19.8 Å². The van der Waals surface area contributed by atoms with Crippen LogP contribution in [0.4, 0.5) is 13.6 Å². The van der Waals surface area contributed by atoms with Crippen molar-refractivity contribution < 1.29 is 53.2 Å².